The third kappa shape index (κ3) is 2.62. The fraction of sp³-hybridized carbons (Fsp3) is 0. The van der Waals surface area contributed by atoms with Crippen molar-refractivity contribution in [2.75, 3.05) is 0 Å². The monoisotopic (exact) mass is 279 g/mol. The van der Waals surface area contributed by atoms with Crippen molar-refractivity contribution in [3.8, 4) is 0 Å². The summed E-state index contributed by atoms with van der Waals surface area (Å²) in [5.41, 5.74) is 1.83. The summed E-state index contributed by atoms with van der Waals surface area (Å²) < 4.78 is 1.01. The number of aromatic amines is 1. The molecule has 0 amide bonds. The smallest absolute Gasteiger partial charge is 0.169 e. The molecule has 0 bridgehead atoms. The van der Waals surface area contributed by atoms with Gasteiger partial charge < -0.3 is 4.98 Å². The Bertz CT molecular complexity index is 862. The Balaban J connectivity index is 0.000000131. The van der Waals surface area contributed by atoms with E-state index >= 15 is 0 Å². The van der Waals surface area contributed by atoms with Gasteiger partial charge in [-0.25, -0.2) is 10.1 Å². The molecule has 4 rings (SSSR count). The fourth-order valence-electron chi connectivity index (χ4n) is 2.21. The number of rotatable bonds is 1. The van der Waals surface area contributed by atoms with Gasteiger partial charge in [-0.3, -0.25) is 0 Å². The van der Waals surface area contributed by atoms with Gasteiger partial charge in [-0.05, 0) is 29.7 Å². The molecule has 0 saturated carbocycles. The zero-order valence-corrected chi connectivity index (χ0v) is 11.1. The molecule has 2 aromatic carbocycles. The second kappa shape index (κ2) is 5.50. The van der Waals surface area contributed by atoms with Crippen LogP contribution < -0.4 is 0 Å². The van der Waals surface area contributed by atoms with Crippen LogP contribution in [-0.4, -0.2) is 14.7 Å². The first-order valence-electron chi connectivity index (χ1n) is 6.48. The Morgan fingerprint density at radius 1 is 0.905 bits per heavy atom. The molecule has 2 heterocycles. The molecule has 0 aliphatic heterocycles. The first-order chi connectivity index (χ1) is 10.3. The lowest BCUT2D eigenvalue weighted by atomic mass is 10.3. The number of aromatic nitrogens is 2. The van der Waals surface area contributed by atoms with Crippen LogP contribution in [0.5, 0.6) is 0 Å². The molecule has 0 aliphatic carbocycles. The summed E-state index contributed by atoms with van der Waals surface area (Å²) in [7, 11) is 0. The van der Waals surface area contributed by atoms with Crippen molar-refractivity contribution >= 4 is 21.8 Å². The molecule has 21 heavy (non-hydrogen) atoms. The third-order valence-electron chi connectivity index (χ3n) is 3.22. The Morgan fingerprint density at radius 2 is 1.62 bits per heavy atom. The highest BCUT2D eigenvalue weighted by atomic mass is 16.7. The second-order valence-electron chi connectivity index (χ2n) is 4.52. The van der Waals surface area contributed by atoms with E-state index in [1.807, 2.05) is 30.5 Å². The van der Waals surface area contributed by atoms with E-state index in [-0.39, 0.29) is 0 Å². The van der Waals surface area contributed by atoms with Crippen molar-refractivity contribution in [2.45, 2.75) is 0 Å². The van der Waals surface area contributed by atoms with E-state index < -0.39 is 5.03 Å². The molecule has 5 nitrogen and oxygen atoms in total. The molecular formula is C16H13N3O2. The largest absolute Gasteiger partial charge is 0.361 e. The summed E-state index contributed by atoms with van der Waals surface area (Å²) in [4.78, 5) is 13.6. The van der Waals surface area contributed by atoms with E-state index in [2.05, 4.69) is 23.2 Å². The van der Waals surface area contributed by atoms with Gasteiger partial charge >= 0.3 is 0 Å². The Hall–Kier alpha value is -3.08. The summed E-state index contributed by atoms with van der Waals surface area (Å²) in [5, 5.41) is 12.2. The van der Waals surface area contributed by atoms with Crippen molar-refractivity contribution in [3.05, 3.63) is 83.2 Å². The van der Waals surface area contributed by atoms with Crippen LogP contribution in [0.4, 0.5) is 0 Å². The number of nitrogens with zero attached hydrogens (tertiary/aromatic N) is 2. The number of nitrogens with one attached hydrogen (secondary N) is 1. The molecule has 0 unspecified atom stereocenters. The van der Waals surface area contributed by atoms with Gasteiger partial charge in [-0.1, -0.05) is 41.1 Å². The lowest BCUT2D eigenvalue weighted by molar-refractivity contribution is -0.537. The maximum atomic E-state index is 10.4. The van der Waals surface area contributed by atoms with Crippen LogP contribution in [0.2, 0.25) is 0 Å². The van der Waals surface area contributed by atoms with Gasteiger partial charge in [0.1, 0.15) is 5.52 Å². The minimum Gasteiger partial charge on any atom is -0.361 e. The Kier molecular flexibility index (Phi) is 3.39. The van der Waals surface area contributed by atoms with Crippen LogP contribution in [0, 0.1) is 10.1 Å². The van der Waals surface area contributed by atoms with Gasteiger partial charge in [0.25, 0.3) is 0 Å². The average molecular weight is 279 g/mol. The minimum atomic E-state index is -0.442. The van der Waals surface area contributed by atoms with Crippen molar-refractivity contribution in [2.24, 2.45) is 0 Å². The number of hydrogen-bond donors (Lipinski definition) is 1. The van der Waals surface area contributed by atoms with Crippen molar-refractivity contribution in [3.63, 3.8) is 0 Å². The minimum absolute atomic E-state index is 0.442. The predicted molar refractivity (Wildman–Crippen MR) is 82.6 cm³/mol. The van der Waals surface area contributed by atoms with Crippen molar-refractivity contribution in [1.82, 2.24) is 9.66 Å². The summed E-state index contributed by atoms with van der Waals surface area (Å²) >= 11 is 0. The lowest BCUT2D eigenvalue weighted by Gasteiger charge is -1.91. The summed E-state index contributed by atoms with van der Waals surface area (Å²) in [6, 6.07) is 19.2. The van der Waals surface area contributed by atoms with Crippen LogP contribution in [0.3, 0.4) is 0 Å². The summed E-state index contributed by atoms with van der Waals surface area (Å²) in [5.74, 6) is 0. The molecule has 2 aromatic heterocycles. The molecule has 104 valence electrons. The normalized spacial score (nSPS) is 10.3. The maximum absolute atomic E-state index is 10.4. The fourth-order valence-corrected chi connectivity index (χ4v) is 2.21. The lowest BCUT2D eigenvalue weighted by Crippen LogP contribution is -2.05. The van der Waals surface area contributed by atoms with E-state index in [9.17, 15) is 10.1 Å². The quantitative estimate of drug-likeness (QED) is 0.425. The van der Waals surface area contributed by atoms with Gasteiger partial charge in [0, 0.05) is 17.1 Å². The first-order valence-corrected chi connectivity index (χ1v) is 6.48. The predicted octanol–water partition coefficient (Wildman–Crippen LogP) is 3.85. The molecule has 0 spiro atoms. The zero-order valence-electron chi connectivity index (χ0n) is 11.1. The highest BCUT2D eigenvalue weighted by Crippen LogP contribution is 2.13. The van der Waals surface area contributed by atoms with Gasteiger partial charge in [0.15, 0.2) is 5.03 Å². The van der Waals surface area contributed by atoms with Crippen LogP contribution in [-0.2, 0) is 0 Å². The van der Waals surface area contributed by atoms with Gasteiger partial charge in [0.2, 0.25) is 0 Å². The molecule has 1 N–H and O–H groups in total. The molecule has 0 fully saturated rings. The van der Waals surface area contributed by atoms with Crippen LogP contribution in [0.1, 0.15) is 0 Å². The highest BCUT2D eigenvalue weighted by molar-refractivity contribution is 5.79. The maximum Gasteiger partial charge on any atom is 0.169 e. The number of hydrogen-bond acceptors (Lipinski definition) is 2. The standard InChI is InChI=1S/C8H6N2O2.C8H7N/c11-10(12)9-6-5-7-3-1-2-4-8(7)9;1-2-4-8-7(3-1)5-6-9-8/h1-6H;1-6,9H. The Morgan fingerprint density at radius 3 is 2.38 bits per heavy atom. The number of fused-ring (bicyclic) bond motifs is 2. The first kappa shape index (κ1) is 12.9. The number of benzene rings is 2. The van der Waals surface area contributed by atoms with E-state index in [0.717, 1.165) is 10.1 Å². The van der Waals surface area contributed by atoms with Crippen LogP contribution >= 0.6 is 0 Å². The van der Waals surface area contributed by atoms with Gasteiger partial charge in [0.05, 0.1) is 6.20 Å². The van der Waals surface area contributed by atoms with Crippen LogP contribution in [0.15, 0.2) is 73.1 Å². The molecule has 5 heteroatoms. The van der Waals surface area contributed by atoms with E-state index in [1.54, 1.807) is 18.2 Å². The topological polar surface area (TPSA) is 63.9 Å². The van der Waals surface area contributed by atoms with Crippen LogP contribution in [0.25, 0.3) is 21.8 Å². The molecule has 0 aliphatic rings. The molecule has 0 atom stereocenters. The molecule has 0 saturated heterocycles. The summed E-state index contributed by atoms with van der Waals surface area (Å²) in [6.45, 7) is 0. The molecule has 0 radical (unpaired) electrons. The van der Waals surface area contributed by atoms with Gasteiger partial charge in [-0.15, -0.1) is 0 Å². The van der Waals surface area contributed by atoms with E-state index in [0.29, 0.717) is 5.52 Å². The second-order valence-corrected chi connectivity index (χ2v) is 4.52. The number of H-pyrrole nitrogens is 1. The van der Waals surface area contributed by atoms with Gasteiger partial charge in [-0.2, -0.15) is 0 Å². The van der Waals surface area contributed by atoms with E-state index in [1.165, 1.54) is 17.1 Å². The highest BCUT2D eigenvalue weighted by Gasteiger charge is 2.06. The Labute approximate surface area is 120 Å². The van der Waals surface area contributed by atoms with Crippen molar-refractivity contribution < 1.29 is 5.03 Å². The average Bonchev–Trinajstić information content (AvgIpc) is 3.14. The number of nitro groups is 1. The number of para-hydroxylation sites is 2. The third-order valence-corrected chi connectivity index (χ3v) is 3.22. The van der Waals surface area contributed by atoms with Crippen molar-refractivity contribution in [1.29, 1.82) is 0 Å². The van der Waals surface area contributed by atoms with E-state index in [4.69, 9.17) is 0 Å². The zero-order chi connectivity index (χ0) is 14.7. The summed E-state index contributed by atoms with van der Waals surface area (Å²) in [6.07, 6.45) is 3.40. The molecular weight excluding hydrogens is 266 g/mol. The SMILES string of the molecule is O=[N+]([O-])n1ccc2ccccc21.c1ccc2[nH]ccc2c1. The molecule has 4 aromatic rings.